The van der Waals surface area contributed by atoms with Crippen molar-refractivity contribution in [3.8, 4) is 11.3 Å². The second-order valence-corrected chi connectivity index (χ2v) is 3.79. The van der Waals surface area contributed by atoms with Crippen molar-refractivity contribution in [2.45, 2.75) is 6.18 Å². The molecule has 2 aromatic rings. The highest BCUT2D eigenvalue weighted by atomic mass is 19.4. The van der Waals surface area contributed by atoms with Crippen LogP contribution in [0.1, 0.15) is 15.9 Å². The monoisotopic (exact) mass is 267 g/mol. The van der Waals surface area contributed by atoms with Gasteiger partial charge in [-0.3, -0.25) is 4.98 Å². The minimum absolute atomic E-state index is 0.280. The predicted octanol–water partition coefficient (Wildman–Crippen LogP) is 3.47. The van der Waals surface area contributed by atoms with Gasteiger partial charge in [-0.2, -0.15) is 13.2 Å². The van der Waals surface area contributed by atoms with Crippen LogP contribution in [0.15, 0.2) is 42.6 Å². The number of carbonyl (C=O) groups is 1. The topological polar surface area (TPSA) is 50.2 Å². The molecule has 0 aliphatic carbocycles. The molecule has 0 saturated heterocycles. The van der Waals surface area contributed by atoms with E-state index in [9.17, 15) is 18.0 Å². The number of nitrogens with zero attached hydrogens (tertiary/aromatic N) is 1. The maximum Gasteiger partial charge on any atom is 0.418 e. The fourth-order valence-corrected chi connectivity index (χ4v) is 1.62. The van der Waals surface area contributed by atoms with Crippen LogP contribution in [0.5, 0.6) is 0 Å². The van der Waals surface area contributed by atoms with E-state index >= 15 is 0 Å². The van der Waals surface area contributed by atoms with Crippen LogP contribution in [0.4, 0.5) is 13.2 Å². The zero-order valence-corrected chi connectivity index (χ0v) is 9.48. The Kier molecular flexibility index (Phi) is 3.25. The van der Waals surface area contributed by atoms with Gasteiger partial charge in [0.1, 0.15) is 0 Å². The van der Waals surface area contributed by atoms with Crippen LogP contribution in [0.2, 0.25) is 0 Å². The van der Waals surface area contributed by atoms with Crippen molar-refractivity contribution in [3.63, 3.8) is 0 Å². The summed E-state index contributed by atoms with van der Waals surface area (Å²) in [5.74, 6) is -1.45. The van der Waals surface area contributed by atoms with Gasteiger partial charge in [0, 0.05) is 11.8 Å². The lowest BCUT2D eigenvalue weighted by Crippen LogP contribution is -2.11. The van der Waals surface area contributed by atoms with Crippen LogP contribution in [0.25, 0.3) is 11.3 Å². The van der Waals surface area contributed by atoms with Crippen LogP contribution < -0.4 is 0 Å². The van der Waals surface area contributed by atoms with Crippen LogP contribution >= 0.6 is 0 Å². The van der Waals surface area contributed by atoms with Crippen LogP contribution in [0.3, 0.4) is 0 Å². The third-order valence-electron chi connectivity index (χ3n) is 2.49. The van der Waals surface area contributed by atoms with Crippen LogP contribution in [0, 0.1) is 0 Å². The van der Waals surface area contributed by atoms with Gasteiger partial charge in [0.2, 0.25) is 0 Å². The maximum absolute atomic E-state index is 12.9. The van der Waals surface area contributed by atoms with Crippen LogP contribution in [-0.4, -0.2) is 16.1 Å². The first-order valence-electron chi connectivity index (χ1n) is 5.25. The molecule has 0 aliphatic heterocycles. The molecule has 1 aromatic heterocycles. The summed E-state index contributed by atoms with van der Waals surface area (Å²) >= 11 is 0. The van der Waals surface area contributed by atoms with Crippen molar-refractivity contribution in [2.75, 3.05) is 0 Å². The van der Waals surface area contributed by atoms with E-state index in [-0.39, 0.29) is 11.3 Å². The van der Waals surface area contributed by atoms with E-state index in [0.717, 1.165) is 6.20 Å². The third kappa shape index (κ3) is 2.73. The number of carboxylic acids is 1. The molecule has 2 rings (SSSR count). The summed E-state index contributed by atoms with van der Waals surface area (Å²) in [4.78, 5) is 14.4. The van der Waals surface area contributed by atoms with Crippen molar-refractivity contribution >= 4 is 5.97 Å². The summed E-state index contributed by atoms with van der Waals surface area (Å²) in [7, 11) is 0. The molecular formula is C13H8F3NO2. The Morgan fingerprint density at radius 1 is 1.16 bits per heavy atom. The van der Waals surface area contributed by atoms with E-state index < -0.39 is 23.3 Å². The Bertz CT molecular complexity index is 609. The van der Waals surface area contributed by atoms with E-state index in [1.54, 1.807) is 18.2 Å². The lowest BCUT2D eigenvalue weighted by molar-refractivity contribution is -0.137. The highest BCUT2D eigenvalue weighted by Gasteiger charge is 2.35. The van der Waals surface area contributed by atoms with Crippen molar-refractivity contribution in [2.24, 2.45) is 0 Å². The molecule has 0 spiro atoms. The fraction of sp³-hybridized carbons (Fsp3) is 0.0769. The summed E-state index contributed by atoms with van der Waals surface area (Å²) in [5.41, 5.74) is -1.55. The molecular weight excluding hydrogens is 259 g/mol. The Morgan fingerprint density at radius 2 is 1.79 bits per heavy atom. The number of rotatable bonds is 2. The Morgan fingerprint density at radius 3 is 2.32 bits per heavy atom. The molecule has 6 heteroatoms. The minimum atomic E-state index is -4.66. The lowest BCUT2D eigenvalue weighted by Gasteiger charge is -2.12. The van der Waals surface area contributed by atoms with E-state index in [1.807, 2.05) is 0 Å². The first kappa shape index (κ1) is 13.1. The van der Waals surface area contributed by atoms with Crippen molar-refractivity contribution in [3.05, 3.63) is 53.7 Å². The number of aromatic carboxylic acids is 1. The summed E-state index contributed by atoms with van der Waals surface area (Å²) in [6.45, 7) is 0. The predicted molar refractivity (Wildman–Crippen MR) is 61.6 cm³/mol. The van der Waals surface area contributed by atoms with Crippen LogP contribution in [-0.2, 0) is 6.18 Å². The van der Waals surface area contributed by atoms with Gasteiger partial charge >= 0.3 is 12.1 Å². The molecule has 1 heterocycles. The van der Waals surface area contributed by atoms with Crippen molar-refractivity contribution in [1.29, 1.82) is 0 Å². The Labute approximate surface area is 106 Å². The fourth-order valence-electron chi connectivity index (χ4n) is 1.62. The van der Waals surface area contributed by atoms with Gasteiger partial charge in [0.15, 0.2) is 0 Å². The minimum Gasteiger partial charge on any atom is -0.478 e. The first-order chi connectivity index (χ1) is 8.89. The quantitative estimate of drug-likeness (QED) is 0.906. The normalized spacial score (nSPS) is 11.3. The molecule has 0 amide bonds. The van der Waals surface area contributed by atoms with Gasteiger partial charge in [-0.1, -0.05) is 30.3 Å². The molecule has 0 aliphatic rings. The number of hydrogen-bond acceptors (Lipinski definition) is 2. The average molecular weight is 267 g/mol. The van der Waals surface area contributed by atoms with Crippen molar-refractivity contribution in [1.82, 2.24) is 4.98 Å². The summed E-state index contributed by atoms with van der Waals surface area (Å²) in [6.07, 6.45) is -3.75. The zero-order chi connectivity index (χ0) is 14.0. The SMILES string of the molecule is O=C(O)c1cnc(-c2ccccc2)c(C(F)(F)F)c1. The van der Waals surface area contributed by atoms with Gasteiger partial charge in [0.05, 0.1) is 16.8 Å². The number of carboxylic acid groups (broad SMARTS) is 1. The molecule has 0 bridgehead atoms. The highest BCUT2D eigenvalue weighted by Crippen LogP contribution is 2.36. The van der Waals surface area contributed by atoms with Gasteiger partial charge in [-0.25, -0.2) is 4.79 Å². The first-order valence-corrected chi connectivity index (χ1v) is 5.25. The molecule has 1 aromatic carbocycles. The van der Waals surface area contributed by atoms with E-state index in [1.165, 1.54) is 12.1 Å². The zero-order valence-electron chi connectivity index (χ0n) is 9.48. The lowest BCUT2D eigenvalue weighted by atomic mass is 10.0. The number of aromatic nitrogens is 1. The standard InChI is InChI=1S/C13H8F3NO2/c14-13(15,16)10-6-9(12(18)19)7-17-11(10)8-4-2-1-3-5-8/h1-7H,(H,18,19). The van der Waals surface area contributed by atoms with Gasteiger partial charge in [-0.05, 0) is 6.07 Å². The summed E-state index contributed by atoms with van der Waals surface area (Å²) in [5, 5.41) is 8.73. The van der Waals surface area contributed by atoms with Gasteiger partial charge in [-0.15, -0.1) is 0 Å². The third-order valence-corrected chi connectivity index (χ3v) is 2.49. The number of alkyl halides is 3. The number of benzene rings is 1. The molecule has 1 N–H and O–H groups in total. The molecule has 0 atom stereocenters. The molecule has 0 unspecified atom stereocenters. The largest absolute Gasteiger partial charge is 0.478 e. The number of pyridine rings is 1. The van der Waals surface area contributed by atoms with Crippen molar-refractivity contribution < 1.29 is 23.1 Å². The van der Waals surface area contributed by atoms with E-state index in [0.29, 0.717) is 6.07 Å². The Hall–Kier alpha value is -2.37. The second kappa shape index (κ2) is 4.72. The Balaban J connectivity index is 2.65. The maximum atomic E-state index is 12.9. The summed E-state index contributed by atoms with van der Waals surface area (Å²) < 4.78 is 38.8. The molecule has 0 radical (unpaired) electrons. The molecule has 3 nitrogen and oxygen atoms in total. The smallest absolute Gasteiger partial charge is 0.418 e. The average Bonchev–Trinajstić information content (AvgIpc) is 2.38. The van der Waals surface area contributed by atoms with E-state index in [4.69, 9.17) is 5.11 Å². The molecule has 0 saturated carbocycles. The number of halogens is 3. The van der Waals surface area contributed by atoms with Gasteiger partial charge < -0.3 is 5.11 Å². The molecule has 98 valence electrons. The highest BCUT2D eigenvalue weighted by molar-refractivity contribution is 5.88. The second-order valence-electron chi connectivity index (χ2n) is 3.79. The molecule has 19 heavy (non-hydrogen) atoms. The van der Waals surface area contributed by atoms with Gasteiger partial charge in [0.25, 0.3) is 0 Å². The molecule has 0 fully saturated rings. The summed E-state index contributed by atoms with van der Waals surface area (Å²) in [6, 6.07) is 8.40. The number of hydrogen-bond donors (Lipinski definition) is 1. The van der Waals surface area contributed by atoms with E-state index in [2.05, 4.69) is 4.98 Å².